The summed E-state index contributed by atoms with van der Waals surface area (Å²) in [5, 5.41) is 3.76. The zero-order valence-corrected chi connectivity index (χ0v) is 16.0. The number of ether oxygens (including phenoxy) is 1. The molecule has 2 aromatic carbocycles. The summed E-state index contributed by atoms with van der Waals surface area (Å²) in [5.74, 6) is -1.43. The fourth-order valence-electron chi connectivity index (χ4n) is 2.87. The highest BCUT2D eigenvalue weighted by Gasteiger charge is 2.16. The Morgan fingerprint density at radius 1 is 1.11 bits per heavy atom. The number of aromatic amines is 1. The Labute approximate surface area is 166 Å². The molecule has 144 valence electrons. The summed E-state index contributed by atoms with van der Waals surface area (Å²) < 4.78 is 5.00. The summed E-state index contributed by atoms with van der Waals surface area (Å²) in [4.78, 5) is 39.3. The number of hydrogen-bond donors (Lipinski definition) is 2. The van der Waals surface area contributed by atoms with Crippen molar-refractivity contribution < 1.29 is 19.1 Å². The molecular formula is C21H19ClN2O4. The maximum absolute atomic E-state index is 12.4. The summed E-state index contributed by atoms with van der Waals surface area (Å²) in [5.41, 5.74) is 2.87. The number of aryl methyl sites for hydroxylation is 1. The largest absolute Gasteiger partial charge is 0.456 e. The van der Waals surface area contributed by atoms with Gasteiger partial charge in [0.25, 0.3) is 5.91 Å². The predicted octanol–water partition coefficient (Wildman–Crippen LogP) is 3.54. The van der Waals surface area contributed by atoms with E-state index >= 15 is 0 Å². The van der Waals surface area contributed by atoms with Crippen LogP contribution >= 0.6 is 11.6 Å². The molecule has 0 saturated carbocycles. The monoisotopic (exact) mass is 398 g/mol. The first-order valence-corrected chi connectivity index (χ1v) is 9.19. The minimum atomic E-state index is -0.690. The number of amides is 1. The van der Waals surface area contributed by atoms with Gasteiger partial charge in [0.15, 0.2) is 6.61 Å². The highest BCUT2D eigenvalue weighted by molar-refractivity contribution is 6.30. The van der Waals surface area contributed by atoms with Gasteiger partial charge in [0.05, 0.1) is 0 Å². The minimum Gasteiger partial charge on any atom is -0.456 e. The summed E-state index contributed by atoms with van der Waals surface area (Å²) in [6.45, 7) is 1.32. The maximum Gasteiger partial charge on any atom is 0.325 e. The number of benzene rings is 2. The van der Waals surface area contributed by atoms with E-state index in [0.717, 1.165) is 22.9 Å². The Hall–Kier alpha value is -3.12. The molecule has 0 saturated heterocycles. The van der Waals surface area contributed by atoms with Gasteiger partial charge >= 0.3 is 5.97 Å². The van der Waals surface area contributed by atoms with E-state index in [-0.39, 0.29) is 18.9 Å². The van der Waals surface area contributed by atoms with Crippen molar-refractivity contribution in [3.05, 3.63) is 70.4 Å². The predicted molar refractivity (Wildman–Crippen MR) is 107 cm³/mol. The van der Waals surface area contributed by atoms with E-state index in [0.29, 0.717) is 16.1 Å². The average molecular weight is 399 g/mol. The third kappa shape index (κ3) is 4.40. The molecule has 6 nitrogen and oxygen atoms in total. The molecule has 0 fully saturated rings. The summed E-state index contributed by atoms with van der Waals surface area (Å²) in [6, 6.07) is 12.0. The number of H-pyrrole nitrogens is 1. The fourth-order valence-corrected chi connectivity index (χ4v) is 3.00. The van der Waals surface area contributed by atoms with E-state index < -0.39 is 11.9 Å². The zero-order chi connectivity index (χ0) is 20.1. The van der Waals surface area contributed by atoms with Gasteiger partial charge in [0.2, 0.25) is 5.78 Å². The number of halogens is 1. The van der Waals surface area contributed by atoms with Crippen molar-refractivity contribution in [2.75, 3.05) is 13.2 Å². The lowest BCUT2D eigenvalue weighted by molar-refractivity contribution is -0.141. The van der Waals surface area contributed by atoms with Gasteiger partial charge < -0.3 is 15.0 Å². The van der Waals surface area contributed by atoms with Crippen LogP contribution in [0, 0.1) is 0 Å². The fraction of sp³-hybridized carbons (Fsp3) is 0.190. The van der Waals surface area contributed by atoms with E-state index in [2.05, 4.69) is 10.3 Å². The van der Waals surface area contributed by atoms with Crippen LogP contribution in [-0.2, 0) is 16.0 Å². The highest BCUT2D eigenvalue weighted by Crippen LogP contribution is 2.22. The first kappa shape index (κ1) is 19.6. The Bertz CT molecular complexity index is 1020. The van der Waals surface area contributed by atoms with E-state index in [4.69, 9.17) is 16.3 Å². The first-order chi connectivity index (χ1) is 13.5. The third-order valence-corrected chi connectivity index (χ3v) is 4.60. The number of carbonyl (C=O) groups excluding carboxylic acids is 3. The van der Waals surface area contributed by atoms with Gasteiger partial charge in [-0.2, -0.15) is 0 Å². The van der Waals surface area contributed by atoms with Crippen LogP contribution in [0.1, 0.15) is 33.2 Å². The number of para-hydroxylation sites is 1. The van der Waals surface area contributed by atoms with Crippen molar-refractivity contribution in [1.82, 2.24) is 10.3 Å². The van der Waals surface area contributed by atoms with Crippen LogP contribution in [-0.4, -0.2) is 35.8 Å². The Kier molecular flexibility index (Phi) is 6.11. The minimum absolute atomic E-state index is 0.308. The van der Waals surface area contributed by atoms with Gasteiger partial charge in [-0.25, -0.2) is 0 Å². The van der Waals surface area contributed by atoms with Gasteiger partial charge in [-0.1, -0.05) is 36.7 Å². The number of aromatic nitrogens is 1. The van der Waals surface area contributed by atoms with E-state index in [1.54, 1.807) is 30.5 Å². The molecule has 7 heteroatoms. The number of esters is 1. The quantitative estimate of drug-likeness (QED) is 0.470. The van der Waals surface area contributed by atoms with Gasteiger partial charge in [-0.3, -0.25) is 14.4 Å². The van der Waals surface area contributed by atoms with Crippen LogP contribution in [0.5, 0.6) is 0 Å². The van der Waals surface area contributed by atoms with Crippen molar-refractivity contribution in [3.8, 4) is 0 Å². The zero-order valence-electron chi connectivity index (χ0n) is 15.3. The molecule has 1 aromatic heterocycles. The van der Waals surface area contributed by atoms with Gasteiger partial charge in [-0.05, 0) is 36.2 Å². The van der Waals surface area contributed by atoms with Crippen LogP contribution in [0.4, 0.5) is 0 Å². The van der Waals surface area contributed by atoms with Gasteiger partial charge in [0, 0.05) is 33.2 Å². The Balaban J connectivity index is 1.54. The van der Waals surface area contributed by atoms with E-state index in [1.165, 1.54) is 0 Å². The molecule has 0 atom stereocenters. The van der Waals surface area contributed by atoms with Crippen molar-refractivity contribution in [1.29, 1.82) is 0 Å². The number of rotatable bonds is 7. The van der Waals surface area contributed by atoms with Crippen molar-refractivity contribution >= 4 is 40.2 Å². The lowest BCUT2D eigenvalue weighted by Gasteiger charge is -2.06. The number of nitrogens with one attached hydrogen (secondary N) is 2. The molecule has 0 bridgehead atoms. The van der Waals surface area contributed by atoms with Gasteiger partial charge in [-0.15, -0.1) is 0 Å². The van der Waals surface area contributed by atoms with Crippen molar-refractivity contribution in [3.63, 3.8) is 0 Å². The molecule has 3 aromatic rings. The van der Waals surface area contributed by atoms with E-state index in [1.807, 2.05) is 25.1 Å². The summed E-state index contributed by atoms with van der Waals surface area (Å²) in [6.07, 6.45) is 2.47. The van der Waals surface area contributed by atoms with Crippen LogP contribution in [0.3, 0.4) is 0 Å². The number of fused-ring (bicyclic) bond motifs is 1. The lowest BCUT2D eigenvalue weighted by Crippen LogP contribution is -2.31. The number of ketones is 1. The van der Waals surface area contributed by atoms with E-state index in [9.17, 15) is 14.4 Å². The number of Topliss-reactive ketones (excluding diaryl/α,β-unsaturated/α-hetero) is 1. The summed E-state index contributed by atoms with van der Waals surface area (Å²) >= 11 is 5.77. The molecule has 0 aliphatic heterocycles. The smallest absolute Gasteiger partial charge is 0.325 e. The standard InChI is InChI=1S/C21H19ClN2O4/c1-2-13-4-3-5-16-17(10-23-20(13)16)18(25)12-28-19(26)11-24-21(27)14-6-8-15(22)9-7-14/h3-10,23H,2,11-12H2,1H3,(H,24,27). The second kappa shape index (κ2) is 8.71. The highest BCUT2D eigenvalue weighted by atomic mass is 35.5. The van der Waals surface area contributed by atoms with Crippen LogP contribution in [0.25, 0.3) is 10.9 Å². The molecule has 0 aliphatic rings. The molecule has 28 heavy (non-hydrogen) atoms. The molecule has 3 rings (SSSR count). The second-order valence-electron chi connectivity index (χ2n) is 6.17. The van der Waals surface area contributed by atoms with Crippen LogP contribution < -0.4 is 5.32 Å². The SMILES string of the molecule is CCc1cccc2c(C(=O)COC(=O)CNC(=O)c3ccc(Cl)cc3)c[nH]c12. The molecule has 1 heterocycles. The third-order valence-electron chi connectivity index (χ3n) is 4.35. The van der Waals surface area contributed by atoms with Crippen LogP contribution in [0.15, 0.2) is 48.7 Å². The summed E-state index contributed by atoms with van der Waals surface area (Å²) in [7, 11) is 0. The topological polar surface area (TPSA) is 88.3 Å². The molecule has 0 radical (unpaired) electrons. The van der Waals surface area contributed by atoms with Crippen molar-refractivity contribution in [2.24, 2.45) is 0 Å². The Morgan fingerprint density at radius 3 is 2.57 bits per heavy atom. The first-order valence-electron chi connectivity index (χ1n) is 8.81. The molecule has 0 aliphatic carbocycles. The average Bonchev–Trinajstić information content (AvgIpc) is 3.15. The van der Waals surface area contributed by atoms with Crippen molar-refractivity contribution in [2.45, 2.75) is 13.3 Å². The lowest BCUT2D eigenvalue weighted by atomic mass is 10.1. The molecule has 0 unspecified atom stereocenters. The molecule has 1 amide bonds. The number of hydrogen-bond acceptors (Lipinski definition) is 4. The normalized spacial score (nSPS) is 10.6. The van der Waals surface area contributed by atoms with Crippen LogP contribution in [0.2, 0.25) is 5.02 Å². The maximum atomic E-state index is 12.4. The number of carbonyl (C=O) groups is 3. The molecule has 0 spiro atoms. The molecule has 2 N–H and O–H groups in total. The van der Waals surface area contributed by atoms with Gasteiger partial charge in [0.1, 0.15) is 6.54 Å². The second-order valence-corrected chi connectivity index (χ2v) is 6.61. The Morgan fingerprint density at radius 2 is 1.86 bits per heavy atom. The molecular weight excluding hydrogens is 380 g/mol.